The lowest BCUT2D eigenvalue weighted by Crippen LogP contribution is -2.25. The van der Waals surface area contributed by atoms with Crippen LogP contribution in [0.1, 0.15) is 35.6 Å². The highest BCUT2D eigenvalue weighted by Crippen LogP contribution is 2.13. The first kappa shape index (κ1) is 15.9. The number of aromatic nitrogens is 2. The van der Waals surface area contributed by atoms with Crippen molar-refractivity contribution in [1.82, 2.24) is 9.78 Å². The van der Waals surface area contributed by atoms with Crippen molar-refractivity contribution in [2.75, 3.05) is 5.32 Å². The standard InChI is InChI=1S/C17H21N3O2/c1-11(10-20-13(3)9-12(2)19-20)17(22)18-16-7-5-15(6-8-16)14(4)21/h5-9,11H,10H2,1-4H3,(H,18,22)/t11-/m1/s1. The van der Waals surface area contributed by atoms with Crippen LogP contribution in [0.25, 0.3) is 0 Å². The van der Waals surface area contributed by atoms with Gasteiger partial charge in [-0.1, -0.05) is 6.92 Å². The summed E-state index contributed by atoms with van der Waals surface area (Å²) in [4.78, 5) is 23.5. The molecule has 0 unspecified atom stereocenters. The van der Waals surface area contributed by atoms with E-state index in [-0.39, 0.29) is 17.6 Å². The number of hydrogen-bond acceptors (Lipinski definition) is 3. The smallest absolute Gasteiger partial charge is 0.229 e. The van der Waals surface area contributed by atoms with Gasteiger partial charge < -0.3 is 5.32 Å². The molecule has 0 aliphatic rings. The zero-order chi connectivity index (χ0) is 16.3. The molecule has 0 fully saturated rings. The summed E-state index contributed by atoms with van der Waals surface area (Å²) in [7, 11) is 0. The van der Waals surface area contributed by atoms with Crippen LogP contribution in [-0.4, -0.2) is 21.5 Å². The summed E-state index contributed by atoms with van der Waals surface area (Å²) in [5.41, 5.74) is 3.32. The number of aryl methyl sites for hydroxylation is 2. The van der Waals surface area contributed by atoms with Crippen LogP contribution in [0.5, 0.6) is 0 Å². The first-order valence-corrected chi connectivity index (χ1v) is 7.29. The van der Waals surface area contributed by atoms with Gasteiger partial charge in [0.1, 0.15) is 0 Å². The van der Waals surface area contributed by atoms with Crippen molar-refractivity contribution in [1.29, 1.82) is 0 Å². The maximum Gasteiger partial charge on any atom is 0.229 e. The second-order valence-electron chi connectivity index (χ2n) is 5.63. The van der Waals surface area contributed by atoms with Crippen LogP contribution in [0, 0.1) is 19.8 Å². The van der Waals surface area contributed by atoms with E-state index in [1.54, 1.807) is 24.3 Å². The number of Topliss-reactive ketones (excluding diaryl/α,β-unsaturated/α-hetero) is 1. The predicted molar refractivity (Wildman–Crippen MR) is 85.9 cm³/mol. The van der Waals surface area contributed by atoms with E-state index in [1.165, 1.54) is 6.92 Å². The first-order valence-electron chi connectivity index (χ1n) is 7.29. The number of amides is 1. The Labute approximate surface area is 130 Å². The second kappa shape index (κ2) is 6.56. The summed E-state index contributed by atoms with van der Waals surface area (Å²) in [6.45, 7) is 7.84. The van der Waals surface area contributed by atoms with Gasteiger partial charge >= 0.3 is 0 Å². The van der Waals surface area contributed by atoms with Crippen LogP contribution in [0.2, 0.25) is 0 Å². The van der Waals surface area contributed by atoms with Gasteiger partial charge in [0.05, 0.1) is 18.2 Å². The monoisotopic (exact) mass is 299 g/mol. The maximum absolute atomic E-state index is 12.2. The van der Waals surface area contributed by atoms with E-state index in [0.29, 0.717) is 17.8 Å². The summed E-state index contributed by atoms with van der Waals surface area (Å²) in [5, 5.41) is 7.23. The summed E-state index contributed by atoms with van der Waals surface area (Å²) >= 11 is 0. The molecule has 0 aliphatic heterocycles. The summed E-state index contributed by atoms with van der Waals surface area (Å²) in [5.74, 6) is -0.260. The van der Waals surface area contributed by atoms with Crippen molar-refractivity contribution in [2.24, 2.45) is 5.92 Å². The fourth-order valence-corrected chi connectivity index (χ4v) is 2.26. The minimum Gasteiger partial charge on any atom is -0.326 e. The van der Waals surface area contributed by atoms with E-state index in [2.05, 4.69) is 10.4 Å². The molecule has 5 nitrogen and oxygen atoms in total. The number of anilines is 1. The minimum atomic E-state index is -0.203. The molecule has 2 rings (SSSR count). The third-order valence-electron chi connectivity index (χ3n) is 3.56. The molecule has 22 heavy (non-hydrogen) atoms. The summed E-state index contributed by atoms with van der Waals surface area (Å²) in [6.07, 6.45) is 0. The Kier molecular flexibility index (Phi) is 4.75. The predicted octanol–water partition coefficient (Wildman–Crippen LogP) is 2.98. The average molecular weight is 299 g/mol. The van der Waals surface area contributed by atoms with E-state index in [9.17, 15) is 9.59 Å². The lowest BCUT2D eigenvalue weighted by atomic mass is 10.1. The Bertz CT molecular complexity index is 686. The Morgan fingerprint density at radius 3 is 2.36 bits per heavy atom. The van der Waals surface area contributed by atoms with Gasteiger partial charge in [-0.3, -0.25) is 14.3 Å². The molecule has 0 saturated heterocycles. The first-order chi connectivity index (χ1) is 10.4. The van der Waals surface area contributed by atoms with Gasteiger partial charge in [-0.25, -0.2) is 0 Å². The van der Waals surface area contributed by atoms with Gasteiger partial charge in [-0.2, -0.15) is 5.10 Å². The number of ketones is 1. The zero-order valence-corrected chi connectivity index (χ0v) is 13.4. The molecule has 0 spiro atoms. The average Bonchev–Trinajstić information content (AvgIpc) is 2.77. The molecule has 0 aliphatic carbocycles. The van der Waals surface area contributed by atoms with Gasteiger partial charge in [-0.05, 0) is 51.1 Å². The molecule has 0 bridgehead atoms. The van der Waals surface area contributed by atoms with E-state index in [1.807, 2.05) is 31.5 Å². The fourth-order valence-electron chi connectivity index (χ4n) is 2.26. The highest BCUT2D eigenvalue weighted by atomic mass is 16.2. The molecule has 1 atom stereocenters. The van der Waals surface area contributed by atoms with Crippen LogP contribution in [0.15, 0.2) is 30.3 Å². The van der Waals surface area contributed by atoms with E-state index in [0.717, 1.165) is 11.4 Å². The Balaban J connectivity index is 1.99. The highest BCUT2D eigenvalue weighted by Gasteiger charge is 2.15. The molecule has 1 heterocycles. The molecule has 1 amide bonds. The highest BCUT2D eigenvalue weighted by molar-refractivity contribution is 5.96. The van der Waals surface area contributed by atoms with Crippen LogP contribution >= 0.6 is 0 Å². The number of carbonyl (C=O) groups excluding carboxylic acids is 2. The second-order valence-corrected chi connectivity index (χ2v) is 5.63. The lowest BCUT2D eigenvalue weighted by Gasteiger charge is -2.13. The van der Waals surface area contributed by atoms with Gasteiger partial charge in [0.2, 0.25) is 5.91 Å². The van der Waals surface area contributed by atoms with Crippen molar-refractivity contribution in [3.8, 4) is 0 Å². The zero-order valence-electron chi connectivity index (χ0n) is 13.4. The Morgan fingerprint density at radius 2 is 1.86 bits per heavy atom. The third kappa shape index (κ3) is 3.81. The summed E-state index contributed by atoms with van der Waals surface area (Å²) in [6, 6.07) is 8.90. The molecular formula is C17H21N3O2. The quantitative estimate of drug-likeness (QED) is 0.863. The number of hydrogen-bond donors (Lipinski definition) is 1. The van der Waals surface area contributed by atoms with Crippen LogP contribution < -0.4 is 5.32 Å². The number of nitrogens with one attached hydrogen (secondary N) is 1. The van der Waals surface area contributed by atoms with Crippen molar-refractivity contribution in [3.63, 3.8) is 0 Å². The number of rotatable bonds is 5. The molecule has 0 saturated carbocycles. The van der Waals surface area contributed by atoms with Crippen molar-refractivity contribution < 1.29 is 9.59 Å². The van der Waals surface area contributed by atoms with Crippen molar-refractivity contribution in [3.05, 3.63) is 47.3 Å². The minimum absolute atomic E-state index is 0.00997. The lowest BCUT2D eigenvalue weighted by molar-refractivity contribution is -0.119. The molecule has 1 N–H and O–H groups in total. The van der Waals surface area contributed by atoms with E-state index >= 15 is 0 Å². The van der Waals surface area contributed by atoms with Crippen molar-refractivity contribution in [2.45, 2.75) is 34.2 Å². The molecule has 1 aromatic heterocycles. The van der Waals surface area contributed by atoms with Crippen LogP contribution in [0.4, 0.5) is 5.69 Å². The Hall–Kier alpha value is -2.43. The SMILES string of the molecule is CC(=O)c1ccc(NC(=O)[C@H](C)Cn2nc(C)cc2C)cc1. The molecule has 5 heteroatoms. The topological polar surface area (TPSA) is 64.0 Å². The number of nitrogens with zero attached hydrogens (tertiary/aromatic N) is 2. The van der Waals surface area contributed by atoms with Gasteiger partial charge in [-0.15, -0.1) is 0 Å². The van der Waals surface area contributed by atoms with Crippen LogP contribution in [0.3, 0.4) is 0 Å². The van der Waals surface area contributed by atoms with Gasteiger partial charge in [0.15, 0.2) is 5.78 Å². The molecule has 1 aromatic carbocycles. The normalized spacial score (nSPS) is 12.0. The molecule has 116 valence electrons. The number of carbonyl (C=O) groups is 2. The van der Waals surface area contributed by atoms with E-state index in [4.69, 9.17) is 0 Å². The molecule has 0 radical (unpaired) electrons. The van der Waals surface area contributed by atoms with Crippen molar-refractivity contribution >= 4 is 17.4 Å². The fraction of sp³-hybridized carbons (Fsp3) is 0.353. The van der Waals surface area contributed by atoms with E-state index < -0.39 is 0 Å². The Morgan fingerprint density at radius 1 is 1.23 bits per heavy atom. The van der Waals surface area contributed by atoms with Gasteiger partial charge in [0.25, 0.3) is 0 Å². The molecular weight excluding hydrogens is 278 g/mol. The maximum atomic E-state index is 12.2. The summed E-state index contributed by atoms with van der Waals surface area (Å²) < 4.78 is 1.85. The third-order valence-corrected chi connectivity index (χ3v) is 3.56. The van der Waals surface area contributed by atoms with Gasteiger partial charge in [0, 0.05) is 16.9 Å². The van der Waals surface area contributed by atoms with Crippen LogP contribution in [-0.2, 0) is 11.3 Å². The number of benzene rings is 1. The largest absolute Gasteiger partial charge is 0.326 e. The molecule has 2 aromatic rings.